The highest BCUT2D eigenvalue weighted by Crippen LogP contribution is 2.01. The van der Waals surface area contributed by atoms with Crippen LogP contribution in [0.4, 0.5) is 0 Å². The number of hydrogen-bond acceptors (Lipinski definition) is 17. The number of carbonyl (C=O) groups excluding carboxylic acids is 1. The van der Waals surface area contributed by atoms with Crippen molar-refractivity contribution in [3.05, 3.63) is 29.8 Å². The number of nitrogens with zero attached hydrogens (tertiary/aromatic N) is 5. The van der Waals surface area contributed by atoms with E-state index in [1.54, 1.807) is 10.9 Å². The van der Waals surface area contributed by atoms with Gasteiger partial charge in [-0.25, -0.2) is 23.1 Å². The minimum Gasteiger partial charge on any atom is -0.394 e. The van der Waals surface area contributed by atoms with Crippen molar-refractivity contribution in [2.45, 2.75) is 18.2 Å². The van der Waals surface area contributed by atoms with Crippen LogP contribution in [0.25, 0.3) is 0 Å². The Bertz CT molecular complexity index is 1340. The van der Waals surface area contributed by atoms with Gasteiger partial charge in [-0.3, -0.25) is 4.79 Å². The molecule has 2 rings (SSSR count). The third-order valence-electron chi connectivity index (χ3n) is 5.96. The SMILES string of the molecule is CS(=O)(=O)c1ncc(C#CCOCC(=O)NCc2cn(CCOCCOCCOCCOCCOCCOCCOCCOCCO)nn2)cn1. The van der Waals surface area contributed by atoms with E-state index >= 15 is 0 Å². The van der Waals surface area contributed by atoms with Gasteiger partial charge in [0.1, 0.15) is 18.9 Å². The summed E-state index contributed by atoms with van der Waals surface area (Å²) in [5.41, 5.74) is 1.01. The van der Waals surface area contributed by atoms with E-state index in [1.807, 2.05) is 0 Å². The maximum absolute atomic E-state index is 12.0. The first-order valence-electron chi connectivity index (χ1n) is 16.4. The summed E-state index contributed by atoms with van der Waals surface area (Å²) in [6, 6.07) is 0. The van der Waals surface area contributed by atoms with Crippen LogP contribution < -0.4 is 5.32 Å². The highest BCUT2D eigenvalue weighted by Gasteiger charge is 2.09. The number of sulfone groups is 1. The van der Waals surface area contributed by atoms with Gasteiger partial charge in [0, 0.05) is 18.6 Å². The lowest BCUT2D eigenvalue weighted by Crippen LogP contribution is -2.27. The summed E-state index contributed by atoms with van der Waals surface area (Å²) in [6.45, 7) is 7.74. The number of nitrogens with one attached hydrogen (secondary N) is 1. The number of hydrogen-bond donors (Lipinski definition) is 2. The Labute approximate surface area is 298 Å². The zero-order valence-electron chi connectivity index (χ0n) is 29.1. The molecular weight excluding hydrogens is 696 g/mol. The maximum Gasteiger partial charge on any atom is 0.246 e. The van der Waals surface area contributed by atoms with Gasteiger partial charge in [0.25, 0.3) is 0 Å². The standard InChI is InChI=1S/C31H50N6O13S/c1-51(40,41)31-33-23-28(24-34-31)3-2-6-50-27-30(39)32-25-29-26-37(36-35-29)4-7-42-9-11-44-13-15-46-17-19-48-21-22-49-20-18-47-16-14-45-12-10-43-8-5-38/h23-24,26,38H,4-22,25,27H2,1H3,(H,32,39). The van der Waals surface area contributed by atoms with E-state index in [2.05, 4.69) is 37.4 Å². The molecule has 0 aromatic carbocycles. The molecule has 0 saturated heterocycles. The molecule has 0 radical (unpaired) electrons. The first kappa shape index (κ1) is 44.0. The Morgan fingerprint density at radius 3 is 1.69 bits per heavy atom. The van der Waals surface area contributed by atoms with Crippen molar-refractivity contribution < 1.29 is 61.0 Å². The summed E-state index contributed by atoms with van der Waals surface area (Å²) in [5, 5.41) is 19.0. The van der Waals surface area contributed by atoms with Crippen LogP contribution in [0.2, 0.25) is 0 Å². The van der Waals surface area contributed by atoms with Crippen LogP contribution in [0.3, 0.4) is 0 Å². The molecule has 0 aliphatic heterocycles. The summed E-state index contributed by atoms with van der Waals surface area (Å²) < 4.78 is 72.8. The fourth-order valence-electron chi connectivity index (χ4n) is 3.54. The number of aliphatic hydroxyl groups is 1. The van der Waals surface area contributed by atoms with Crippen molar-refractivity contribution in [2.75, 3.05) is 132 Å². The molecule has 0 atom stereocenters. The van der Waals surface area contributed by atoms with Gasteiger partial charge < -0.3 is 53.1 Å². The molecule has 2 aromatic rings. The number of rotatable bonds is 32. The third kappa shape index (κ3) is 24.6. The van der Waals surface area contributed by atoms with Crippen molar-refractivity contribution in [1.29, 1.82) is 0 Å². The van der Waals surface area contributed by atoms with Gasteiger partial charge in [0.05, 0.1) is 137 Å². The molecule has 0 saturated carbocycles. The van der Waals surface area contributed by atoms with Crippen molar-refractivity contribution in [2.24, 2.45) is 0 Å². The van der Waals surface area contributed by atoms with Gasteiger partial charge in [0.2, 0.25) is 20.9 Å². The van der Waals surface area contributed by atoms with Gasteiger partial charge in [-0.05, 0) is 0 Å². The summed E-state index contributed by atoms with van der Waals surface area (Å²) in [7, 11) is -3.47. The summed E-state index contributed by atoms with van der Waals surface area (Å²) in [5.74, 6) is 5.10. The van der Waals surface area contributed by atoms with E-state index in [9.17, 15) is 13.2 Å². The number of amides is 1. The Balaban J connectivity index is 1.31. The molecule has 19 nitrogen and oxygen atoms in total. The molecule has 288 valence electrons. The molecule has 0 aliphatic carbocycles. The monoisotopic (exact) mass is 746 g/mol. The van der Waals surface area contributed by atoms with E-state index in [-0.39, 0.29) is 37.4 Å². The molecule has 0 aliphatic rings. The van der Waals surface area contributed by atoms with E-state index in [1.165, 1.54) is 12.4 Å². The highest BCUT2D eigenvalue weighted by molar-refractivity contribution is 7.90. The number of ether oxygens (including phenoxy) is 9. The van der Waals surface area contributed by atoms with Crippen LogP contribution in [0.5, 0.6) is 0 Å². The van der Waals surface area contributed by atoms with Crippen LogP contribution in [0.1, 0.15) is 11.3 Å². The van der Waals surface area contributed by atoms with E-state index in [0.717, 1.165) is 6.26 Å². The summed E-state index contributed by atoms with van der Waals surface area (Å²) in [4.78, 5) is 19.5. The molecular formula is C31H50N6O13S. The minimum atomic E-state index is -3.47. The molecule has 2 heterocycles. The van der Waals surface area contributed by atoms with Crippen LogP contribution in [-0.4, -0.2) is 176 Å². The quantitative estimate of drug-likeness (QED) is 0.0483. The van der Waals surface area contributed by atoms with Crippen molar-refractivity contribution in [3.63, 3.8) is 0 Å². The van der Waals surface area contributed by atoms with Crippen molar-refractivity contribution in [3.8, 4) is 11.8 Å². The zero-order chi connectivity index (χ0) is 36.7. The average Bonchev–Trinajstić information content (AvgIpc) is 3.58. The third-order valence-corrected chi connectivity index (χ3v) is 6.83. The maximum atomic E-state index is 12.0. The normalized spacial score (nSPS) is 11.4. The Hall–Kier alpha value is -3.20. The molecule has 20 heteroatoms. The second-order valence-corrected chi connectivity index (χ2v) is 12.1. The first-order chi connectivity index (χ1) is 24.9. The van der Waals surface area contributed by atoms with Crippen LogP contribution >= 0.6 is 0 Å². The topological polar surface area (TPSA) is 223 Å². The Kier molecular flexibility index (Phi) is 25.3. The molecule has 1 amide bonds. The predicted octanol–water partition coefficient (Wildman–Crippen LogP) is -1.72. The largest absolute Gasteiger partial charge is 0.394 e. The zero-order valence-corrected chi connectivity index (χ0v) is 29.9. The van der Waals surface area contributed by atoms with Gasteiger partial charge >= 0.3 is 0 Å². The molecule has 2 aromatic heterocycles. The molecule has 0 fully saturated rings. The predicted molar refractivity (Wildman–Crippen MR) is 178 cm³/mol. The van der Waals surface area contributed by atoms with Crippen LogP contribution in [0.15, 0.2) is 23.7 Å². The van der Waals surface area contributed by atoms with Crippen LogP contribution in [0, 0.1) is 11.8 Å². The number of aliphatic hydroxyl groups excluding tert-OH is 1. The lowest BCUT2D eigenvalue weighted by atomic mass is 10.3. The molecule has 0 bridgehead atoms. The lowest BCUT2D eigenvalue weighted by Gasteiger charge is -2.08. The smallest absolute Gasteiger partial charge is 0.246 e. The molecule has 0 unspecified atom stereocenters. The van der Waals surface area contributed by atoms with E-state index in [4.69, 9.17) is 47.7 Å². The second-order valence-electron chi connectivity index (χ2n) is 10.2. The van der Waals surface area contributed by atoms with Gasteiger partial charge in [-0.2, -0.15) is 0 Å². The fourth-order valence-corrected chi connectivity index (χ4v) is 4.03. The lowest BCUT2D eigenvalue weighted by molar-refractivity contribution is -0.125. The van der Waals surface area contributed by atoms with E-state index in [0.29, 0.717) is 124 Å². The first-order valence-corrected chi connectivity index (χ1v) is 18.2. The summed E-state index contributed by atoms with van der Waals surface area (Å²) >= 11 is 0. The van der Waals surface area contributed by atoms with Crippen LogP contribution in [-0.2, 0) is 70.4 Å². The number of carbonyl (C=O) groups is 1. The number of aromatic nitrogens is 5. The Morgan fingerprint density at radius 2 is 1.22 bits per heavy atom. The summed E-state index contributed by atoms with van der Waals surface area (Å²) in [6.07, 6.45) is 5.34. The fraction of sp³-hybridized carbons (Fsp3) is 0.710. The minimum absolute atomic E-state index is 0.00812. The van der Waals surface area contributed by atoms with Gasteiger partial charge in [0.15, 0.2) is 0 Å². The van der Waals surface area contributed by atoms with Gasteiger partial charge in [-0.1, -0.05) is 17.1 Å². The average molecular weight is 747 g/mol. The van der Waals surface area contributed by atoms with Crippen molar-refractivity contribution >= 4 is 15.7 Å². The second kappa shape index (κ2) is 29.4. The molecule has 0 spiro atoms. The molecule has 2 N–H and O–H groups in total. The van der Waals surface area contributed by atoms with Gasteiger partial charge in [-0.15, -0.1) is 5.10 Å². The Morgan fingerprint density at radius 1 is 0.745 bits per heavy atom. The molecule has 51 heavy (non-hydrogen) atoms. The van der Waals surface area contributed by atoms with E-state index < -0.39 is 9.84 Å². The van der Waals surface area contributed by atoms with Crippen molar-refractivity contribution in [1.82, 2.24) is 30.3 Å². The highest BCUT2D eigenvalue weighted by atomic mass is 32.2.